The lowest BCUT2D eigenvalue weighted by atomic mass is 10.0. The minimum Gasteiger partial charge on any atom is -0.399 e. The monoisotopic (exact) mass is 208 g/mol. The maximum atomic E-state index is 12.8. The van der Waals surface area contributed by atoms with Gasteiger partial charge in [-0.2, -0.15) is 13.2 Å². The van der Waals surface area contributed by atoms with E-state index in [1.807, 2.05) is 6.08 Å². The maximum absolute atomic E-state index is 12.8. The van der Waals surface area contributed by atoms with Crippen molar-refractivity contribution in [2.75, 3.05) is 7.11 Å². The Balaban J connectivity index is 2.93. The summed E-state index contributed by atoms with van der Waals surface area (Å²) in [5, 5.41) is 3.13. The third-order valence-electron chi connectivity index (χ3n) is 1.55. The lowest BCUT2D eigenvalue weighted by Crippen LogP contribution is -2.18. The van der Waals surface area contributed by atoms with Gasteiger partial charge in [-0.05, 0) is 6.08 Å². The molecule has 0 saturated carbocycles. The lowest BCUT2D eigenvalue weighted by Gasteiger charge is -2.14. The highest BCUT2D eigenvalue weighted by Crippen LogP contribution is 2.31. The molecule has 0 aromatic rings. The van der Waals surface area contributed by atoms with E-state index in [-0.39, 0.29) is 0 Å². The van der Waals surface area contributed by atoms with E-state index in [4.69, 9.17) is 0 Å². The van der Waals surface area contributed by atoms with Crippen LogP contribution in [0.3, 0.4) is 0 Å². The number of hydrogen-bond acceptors (Lipinski definition) is 2. The first-order chi connectivity index (χ1) is 6.45. The molecule has 0 fully saturated rings. The van der Waals surface area contributed by atoms with Crippen LogP contribution < -0.4 is 0 Å². The van der Waals surface area contributed by atoms with Crippen molar-refractivity contribution in [2.45, 2.75) is 12.6 Å². The molecule has 0 aliphatic heterocycles. The number of oxime groups is 1. The second kappa shape index (κ2) is 3.81. The maximum Gasteiger partial charge on any atom is 0.413 e. The molecule has 0 saturated heterocycles. The van der Waals surface area contributed by atoms with Gasteiger partial charge in [0.05, 0.1) is 0 Å². The number of allylic oxidation sites excluding steroid dienone is 4. The van der Waals surface area contributed by atoms with Crippen molar-refractivity contribution in [1.82, 2.24) is 0 Å². The van der Waals surface area contributed by atoms with Gasteiger partial charge >= 0.3 is 6.18 Å². The molecule has 0 amide bonds. The highest BCUT2D eigenvalue weighted by atomic mass is 19.4. The van der Waals surface area contributed by atoms with Gasteiger partial charge in [0.1, 0.15) is 12.8 Å². The Morgan fingerprint density at radius 2 is 2.14 bits per heavy atom. The standard InChI is InChI=1S/C8H6F4NO/c1-14-13-7-4-5(8(10,11)12)2-3-6(7)9/h2H,4H2,1H3. The van der Waals surface area contributed by atoms with Crippen LogP contribution in [-0.2, 0) is 4.84 Å². The first-order valence-electron chi connectivity index (χ1n) is 3.60. The average Bonchev–Trinajstić information content (AvgIpc) is 2.07. The molecule has 0 unspecified atom stereocenters. The van der Waals surface area contributed by atoms with Crippen molar-refractivity contribution in [3.05, 3.63) is 23.6 Å². The second-order valence-corrected chi connectivity index (χ2v) is 2.52. The van der Waals surface area contributed by atoms with Crippen LogP contribution in [0.4, 0.5) is 17.6 Å². The van der Waals surface area contributed by atoms with E-state index in [0.29, 0.717) is 6.08 Å². The van der Waals surface area contributed by atoms with Crippen LogP contribution >= 0.6 is 0 Å². The zero-order valence-electron chi connectivity index (χ0n) is 7.15. The number of hydrogen-bond donors (Lipinski definition) is 0. The first kappa shape index (κ1) is 10.7. The Morgan fingerprint density at radius 1 is 1.50 bits per heavy atom. The summed E-state index contributed by atoms with van der Waals surface area (Å²) in [6.07, 6.45) is -2.71. The fourth-order valence-corrected chi connectivity index (χ4v) is 0.907. The Hall–Kier alpha value is -1.33. The van der Waals surface area contributed by atoms with E-state index >= 15 is 0 Å². The SMILES string of the molecule is CON=C1CC(C(F)(F)F)=C[C]=C1F. The van der Waals surface area contributed by atoms with Gasteiger partial charge in [-0.25, -0.2) is 4.39 Å². The molecule has 77 valence electrons. The average molecular weight is 208 g/mol. The van der Waals surface area contributed by atoms with E-state index in [9.17, 15) is 17.6 Å². The van der Waals surface area contributed by atoms with Gasteiger partial charge in [0.2, 0.25) is 0 Å². The van der Waals surface area contributed by atoms with Gasteiger partial charge in [0.25, 0.3) is 0 Å². The minimum atomic E-state index is -4.48. The number of halogens is 4. The molecule has 0 atom stereocenters. The molecule has 14 heavy (non-hydrogen) atoms. The number of rotatable bonds is 1. The van der Waals surface area contributed by atoms with E-state index < -0.39 is 29.7 Å². The summed E-state index contributed by atoms with van der Waals surface area (Å²) in [6.45, 7) is 0. The van der Waals surface area contributed by atoms with Crippen LogP contribution in [-0.4, -0.2) is 19.0 Å². The van der Waals surface area contributed by atoms with E-state index in [2.05, 4.69) is 9.99 Å². The number of nitrogens with zero attached hydrogens (tertiary/aromatic N) is 1. The lowest BCUT2D eigenvalue weighted by molar-refractivity contribution is -0.0926. The Kier molecular flexibility index (Phi) is 2.93. The van der Waals surface area contributed by atoms with Gasteiger partial charge in [0, 0.05) is 18.1 Å². The molecule has 0 aromatic carbocycles. The second-order valence-electron chi connectivity index (χ2n) is 2.52. The summed E-state index contributed by atoms with van der Waals surface area (Å²) in [5.74, 6) is -0.931. The van der Waals surface area contributed by atoms with Crippen molar-refractivity contribution < 1.29 is 22.4 Å². The molecule has 1 radical (unpaired) electrons. The molecule has 0 aromatic heterocycles. The van der Waals surface area contributed by atoms with Gasteiger partial charge in [-0.15, -0.1) is 0 Å². The molecule has 0 heterocycles. The fourth-order valence-electron chi connectivity index (χ4n) is 0.907. The third kappa shape index (κ3) is 2.34. The number of alkyl halides is 3. The summed E-state index contributed by atoms with van der Waals surface area (Å²) < 4.78 is 49.2. The van der Waals surface area contributed by atoms with Gasteiger partial charge in [-0.1, -0.05) is 5.16 Å². The van der Waals surface area contributed by atoms with Crippen molar-refractivity contribution in [1.29, 1.82) is 0 Å². The first-order valence-corrected chi connectivity index (χ1v) is 3.60. The van der Waals surface area contributed by atoms with Crippen molar-refractivity contribution in [3.63, 3.8) is 0 Å². The molecule has 1 rings (SSSR count). The Morgan fingerprint density at radius 3 is 2.64 bits per heavy atom. The van der Waals surface area contributed by atoms with Crippen LogP contribution in [0, 0.1) is 6.08 Å². The van der Waals surface area contributed by atoms with Crippen LogP contribution in [0.15, 0.2) is 22.6 Å². The smallest absolute Gasteiger partial charge is 0.399 e. The molecule has 6 heteroatoms. The molecule has 1 aliphatic rings. The normalized spacial score (nSPS) is 20.5. The predicted molar refractivity (Wildman–Crippen MR) is 41.1 cm³/mol. The Labute approximate surface area is 77.5 Å². The van der Waals surface area contributed by atoms with Crippen molar-refractivity contribution in [3.8, 4) is 0 Å². The summed E-state index contributed by atoms with van der Waals surface area (Å²) in [5.41, 5.74) is -1.29. The van der Waals surface area contributed by atoms with E-state index in [1.54, 1.807) is 0 Å². The largest absolute Gasteiger partial charge is 0.413 e. The molecule has 0 spiro atoms. The van der Waals surface area contributed by atoms with E-state index in [1.165, 1.54) is 0 Å². The molecular weight excluding hydrogens is 202 g/mol. The molecule has 0 N–H and O–H groups in total. The van der Waals surface area contributed by atoms with Crippen molar-refractivity contribution >= 4 is 5.71 Å². The molecule has 2 nitrogen and oxygen atoms in total. The van der Waals surface area contributed by atoms with E-state index in [0.717, 1.165) is 7.11 Å². The van der Waals surface area contributed by atoms with Crippen LogP contribution in [0.5, 0.6) is 0 Å². The predicted octanol–water partition coefficient (Wildman–Crippen LogP) is 2.54. The van der Waals surface area contributed by atoms with Crippen LogP contribution in [0.2, 0.25) is 0 Å². The quantitative estimate of drug-likeness (QED) is 0.479. The fraction of sp³-hybridized carbons (Fsp3) is 0.375. The Bertz CT molecular complexity index is 314. The summed E-state index contributed by atoms with van der Waals surface area (Å²) in [7, 11) is 1.13. The van der Waals surface area contributed by atoms with Gasteiger partial charge < -0.3 is 4.84 Å². The molecule has 0 bridgehead atoms. The van der Waals surface area contributed by atoms with Crippen molar-refractivity contribution in [2.24, 2.45) is 5.16 Å². The summed E-state index contributed by atoms with van der Waals surface area (Å²) in [4.78, 5) is 4.21. The van der Waals surface area contributed by atoms with Gasteiger partial charge in [-0.3, -0.25) is 0 Å². The summed E-state index contributed by atoms with van der Waals surface area (Å²) >= 11 is 0. The van der Waals surface area contributed by atoms with Crippen LogP contribution in [0.25, 0.3) is 0 Å². The third-order valence-corrected chi connectivity index (χ3v) is 1.55. The van der Waals surface area contributed by atoms with Crippen LogP contribution in [0.1, 0.15) is 6.42 Å². The zero-order valence-corrected chi connectivity index (χ0v) is 7.15. The topological polar surface area (TPSA) is 21.6 Å². The minimum absolute atomic E-state index is 0.401. The zero-order chi connectivity index (χ0) is 10.8. The van der Waals surface area contributed by atoms with Gasteiger partial charge in [0.15, 0.2) is 5.83 Å². The molecular formula is C8H6F4NO. The summed E-state index contributed by atoms with van der Waals surface area (Å²) in [6, 6.07) is 0. The highest BCUT2D eigenvalue weighted by Gasteiger charge is 2.36. The highest BCUT2D eigenvalue weighted by molar-refractivity contribution is 6.00. The molecule has 1 aliphatic carbocycles.